The summed E-state index contributed by atoms with van der Waals surface area (Å²) in [5.41, 5.74) is 1.02. The van der Waals surface area contributed by atoms with Gasteiger partial charge in [-0.05, 0) is 37.0 Å². The highest BCUT2D eigenvalue weighted by atomic mass is 28.4. The highest BCUT2D eigenvalue weighted by molar-refractivity contribution is 6.74. The molecule has 0 aromatic heterocycles. The van der Waals surface area contributed by atoms with Gasteiger partial charge in [0, 0.05) is 12.8 Å². The number of benzene rings is 1. The van der Waals surface area contributed by atoms with Gasteiger partial charge in [0.15, 0.2) is 14.4 Å². The van der Waals surface area contributed by atoms with E-state index in [1.807, 2.05) is 37.3 Å². The van der Waals surface area contributed by atoms with Crippen LogP contribution in [0.5, 0.6) is 0 Å². The predicted octanol–water partition coefficient (Wildman–Crippen LogP) is 5.66. The standard InChI is InChI=1S/C26H41NO6Si/c1-8-9-15-26-30-19-16-20(31-26)22(33-34(6,7)25(3,4)5)23(32-26)21(19)29-24(28)27-17(2)18-13-11-10-12-14-18/h10-14,17,19-23H,8-9,15-16H2,1-7H3,(H,27,28)/t17-,19+,20-,21-,22-,23+,26?/m0/s1. The van der Waals surface area contributed by atoms with Gasteiger partial charge in [-0.1, -0.05) is 64.4 Å². The first-order valence-corrected chi connectivity index (χ1v) is 15.6. The minimum atomic E-state index is -2.11. The van der Waals surface area contributed by atoms with E-state index in [4.69, 9.17) is 23.4 Å². The molecule has 0 spiro atoms. The number of carbonyl (C=O) groups is 1. The summed E-state index contributed by atoms with van der Waals surface area (Å²) in [4.78, 5) is 12.9. The topological polar surface area (TPSA) is 75.2 Å². The summed E-state index contributed by atoms with van der Waals surface area (Å²) in [6.07, 6.45) is 1.09. The highest BCUT2D eigenvalue weighted by Crippen LogP contribution is 2.50. The number of rotatable bonds is 8. The number of hydrogen-bond acceptors (Lipinski definition) is 6. The van der Waals surface area contributed by atoms with E-state index in [9.17, 15) is 4.79 Å². The average molecular weight is 492 g/mol. The average Bonchev–Trinajstić information content (AvgIpc) is 2.77. The van der Waals surface area contributed by atoms with Gasteiger partial charge < -0.3 is 28.7 Å². The zero-order valence-electron chi connectivity index (χ0n) is 21.6. The maximum absolute atomic E-state index is 12.9. The van der Waals surface area contributed by atoms with Crippen molar-refractivity contribution >= 4 is 14.4 Å². The largest absolute Gasteiger partial charge is 0.441 e. The molecule has 4 bridgehead atoms. The van der Waals surface area contributed by atoms with Gasteiger partial charge in [-0.25, -0.2) is 4.79 Å². The van der Waals surface area contributed by atoms with E-state index in [2.05, 4.69) is 46.1 Å². The van der Waals surface area contributed by atoms with Crippen LogP contribution in [0, 0.1) is 0 Å². The summed E-state index contributed by atoms with van der Waals surface area (Å²) in [7, 11) is -2.11. The van der Waals surface area contributed by atoms with Crippen molar-refractivity contribution in [3.8, 4) is 0 Å². The van der Waals surface area contributed by atoms with E-state index >= 15 is 0 Å². The van der Waals surface area contributed by atoms with Crippen molar-refractivity contribution in [3.63, 3.8) is 0 Å². The molecule has 3 heterocycles. The number of amides is 1. The molecule has 5 rings (SSSR count). The molecule has 1 aromatic carbocycles. The molecular weight excluding hydrogens is 450 g/mol. The van der Waals surface area contributed by atoms with Crippen LogP contribution in [-0.4, -0.2) is 50.9 Å². The number of unbranched alkanes of at least 4 members (excludes halogenated alkanes) is 1. The van der Waals surface area contributed by atoms with Crippen molar-refractivity contribution in [1.82, 2.24) is 5.32 Å². The molecule has 7 atom stereocenters. The Morgan fingerprint density at radius 3 is 2.41 bits per heavy atom. The van der Waals surface area contributed by atoms with Crippen LogP contribution in [0.4, 0.5) is 4.79 Å². The lowest BCUT2D eigenvalue weighted by Gasteiger charge is -2.61. The summed E-state index contributed by atoms with van der Waals surface area (Å²) < 4.78 is 31.9. The molecule has 1 saturated carbocycles. The van der Waals surface area contributed by atoms with Crippen LogP contribution in [0.25, 0.3) is 0 Å². The summed E-state index contributed by atoms with van der Waals surface area (Å²) >= 11 is 0. The minimum absolute atomic E-state index is 0.0386. The minimum Gasteiger partial charge on any atom is -0.441 e. The number of alkyl carbamates (subject to hydrolysis) is 1. The Bertz CT molecular complexity index is 859. The zero-order valence-corrected chi connectivity index (χ0v) is 22.6. The lowest BCUT2D eigenvalue weighted by atomic mass is 9.83. The number of carbonyl (C=O) groups excluding carboxylic acids is 1. The van der Waals surface area contributed by atoms with Gasteiger partial charge in [0.25, 0.3) is 5.97 Å². The van der Waals surface area contributed by atoms with E-state index in [0.717, 1.165) is 18.4 Å². The van der Waals surface area contributed by atoms with E-state index < -0.39 is 32.6 Å². The van der Waals surface area contributed by atoms with E-state index in [1.165, 1.54) is 0 Å². The molecule has 1 unspecified atom stereocenters. The van der Waals surface area contributed by atoms with E-state index in [-0.39, 0.29) is 29.4 Å². The van der Waals surface area contributed by atoms with Crippen LogP contribution in [0.3, 0.4) is 0 Å². The second kappa shape index (κ2) is 9.54. The normalized spacial score (nSPS) is 33.6. The number of ether oxygens (including phenoxy) is 4. The summed E-state index contributed by atoms with van der Waals surface area (Å²) in [6.45, 7) is 15.2. The third-order valence-corrected chi connectivity index (χ3v) is 12.2. The van der Waals surface area contributed by atoms with Crippen LogP contribution < -0.4 is 5.32 Å². The Morgan fingerprint density at radius 2 is 1.79 bits per heavy atom. The maximum atomic E-state index is 12.9. The molecule has 0 radical (unpaired) electrons. The maximum Gasteiger partial charge on any atom is 0.408 e. The van der Waals surface area contributed by atoms with Crippen LogP contribution in [-0.2, 0) is 23.4 Å². The molecule has 190 valence electrons. The molecule has 8 heteroatoms. The molecule has 4 aliphatic rings. The quantitative estimate of drug-likeness (QED) is 0.473. The monoisotopic (exact) mass is 491 g/mol. The first-order chi connectivity index (χ1) is 15.9. The lowest BCUT2D eigenvalue weighted by molar-refractivity contribution is -0.523. The van der Waals surface area contributed by atoms with Gasteiger partial charge in [0.1, 0.15) is 18.3 Å². The SMILES string of the molecule is CCCCC12O[C@H]3[C@@H](O[Si](C)(C)C(C)(C)C)[C@H](C[C@@H](O1)[C@@H]3OC(=O)N[C@@H](C)c1ccccc1)O2. The van der Waals surface area contributed by atoms with Crippen LogP contribution >= 0.6 is 0 Å². The molecule has 1 aliphatic carbocycles. The molecule has 4 fully saturated rings. The highest BCUT2D eigenvalue weighted by Gasteiger charge is 2.65. The summed E-state index contributed by atoms with van der Waals surface area (Å²) in [5, 5.41) is 2.99. The second-order valence-electron chi connectivity index (χ2n) is 11.4. The smallest absolute Gasteiger partial charge is 0.408 e. The Hall–Kier alpha value is -1.45. The summed E-state index contributed by atoms with van der Waals surface area (Å²) in [5.74, 6) is -1.06. The number of nitrogens with one attached hydrogen (secondary N) is 1. The van der Waals surface area contributed by atoms with Crippen molar-refractivity contribution in [2.45, 2.75) is 121 Å². The molecule has 3 saturated heterocycles. The van der Waals surface area contributed by atoms with Gasteiger partial charge in [0.2, 0.25) is 0 Å². The molecule has 1 N–H and O–H groups in total. The second-order valence-corrected chi connectivity index (χ2v) is 16.2. The molecule has 3 aliphatic heterocycles. The Balaban J connectivity index is 1.51. The van der Waals surface area contributed by atoms with Gasteiger partial charge in [-0.2, -0.15) is 0 Å². The first-order valence-electron chi connectivity index (χ1n) is 12.7. The van der Waals surface area contributed by atoms with E-state index in [0.29, 0.717) is 12.8 Å². The molecule has 34 heavy (non-hydrogen) atoms. The summed E-state index contributed by atoms with van der Waals surface area (Å²) in [6, 6.07) is 9.66. The van der Waals surface area contributed by atoms with Crippen molar-refractivity contribution in [1.29, 1.82) is 0 Å². The first kappa shape index (κ1) is 25.6. The van der Waals surface area contributed by atoms with Crippen molar-refractivity contribution < 1.29 is 28.2 Å². The van der Waals surface area contributed by atoms with Crippen molar-refractivity contribution in [2.75, 3.05) is 0 Å². The Morgan fingerprint density at radius 1 is 1.15 bits per heavy atom. The fourth-order valence-electron chi connectivity index (χ4n) is 4.76. The Kier molecular flexibility index (Phi) is 7.19. The lowest BCUT2D eigenvalue weighted by Crippen LogP contribution is -2.75. The van der Waals surface area contributed by atoms with Gasteiger partial charge >= 0.3 is 6.09 Å². The fourth-order valence-corrected chi connectivity index (χ4v) is 6.08. The third kappa shape index (κ3) is 5.07. The van der Waals surface area contributed by atoms with Crippen LogP contribution in [0.15, 0.2) is 30.3 Å². The van der Waals surface area contributed by atoms with Gasteiger partial charge in [-0.3, -0.25) is 0 Å². The molecule has 7 nitrogen and oxygen atoms in total. The molecular formula is C26H41NO6Si. The fraction of sp³-hybridized carbons (Fsp3) is 0.731. The molecule has 1 amide bonds. The zero-order chi connectivity index (χ0) is 24.7. The predicted molar refractivity (Wildman–Crippen MR) is 132 cm³/mol. The number of hydrogen-bond donors (Lipinski definition) is 1. The van der Waals surface area contributed by atoms with Crippen LogP contribution in [0.1, 0.15) is 71.9 Å². The Labute approximate surface area is 204 Å². The molecule has 1 aromatic rings. The van der Waals surface area contributed by atoms with Crippen molar-refractivity contribution in [3.05, 3.63) is 35.9 Å². The van der Waals surface area contributed by atoms with Gasteiger partial charge in [0.05, 0.1) is 12.1 Å². The third-order valence-electron chi connectivity index (χ3n) is 7.77. The van der Waals surface area contributed by atoms with E-state index in [1.54, 1.807) is 0 Å². The van der Waals surface area contributed by atoms with Crippen molar-refractivity contribution in [2.24, 2.45) is 0 Å². The van der Waals surface area contributed by atoms with Gasteiger partial charge in [-0.15, -0.1) is 0 Å². The van der Waals surface area contributed by atoms with Crippen LogP contribution in [0.2, 0.25) is 18.1 Å².